The van der Waals surface area contributed by atoms with E-state index in [-0.39, 0.29) is 5.69 Å². The van der Waals surface area contributed by atoms with Crippen LogP contribution in [0.4, 0.5) is 24.8 Å². The van der Waals surface area contributed by atoms with E-state index >= 15 is 0 Å². The average Bonchev–Trinajstić information content (AvgIpc) is 3.03. The van der Waals surface area contributed by atoms with Crippen molar-refractivity contribution in [2.24, 2.45) is 0 Å². The topological polar surface area (TPSA) is 62.8 Å². The first-order chi connectivity index (χ1) is 13.0. The van der Waals surface area contributed by atoms with E-state index < -0.39 is 11.7 Å². The number of pyridine rings is 1. The summed E-state index contributed by atoms with van der Waals surface area (Å²) in [6.45, 7) is 0. The minimum absolute atomic E-state index is 0.289. The first-order valence-corrected chi connectivity index (χ1v) is 7.99. The molecule has 0 fully saturated rings. The van der Waals surface area contributed by atoms with Crippen LogP contribution >= 0.6 is 0 Å². The van der Waals surface area contributed by atoms with Crippen LogP contribution in [0.2, 0.25) is 0 Å². The second-order valence-corrected chi connectivity index (χ2v) is 5.75. The summed E-state index contributed by atoms with van der Waals surface area (Å²) < 4.78 is 44.2. The molecular weight excluding hydrogens is 357 g/mol. The molecule has 5 nitrogen and oxygen atoms in total. The maximum absolute atomic E-state index is 12.8. The number of fused-ring (bicyclic) bond motifs is 1. The van der Waals surface area contributed by atoms with E-state index in [0.29, 0.717) is 28.5 Å². The van der Waals surface area contributed by atoms with Crippen molar-refractivity contribution < 1.29 is 17.9 Å². The monoisotopic (exact) mass is 370 g/mol. The third-order valence-electron chi connectivity index (χ3n) is 3.79. The molecule has 0 aliphatic rings. The molecule has 2 aromatic carbocycles. The molecule has 0 amide bonds. The second-order valence-electron chi connectivity index (χ2n) is 5.75. The number of ether oxygens (including phenoxy) is 1. The van der Waals surface area contributed by atoms with E-state index in [1.54, 1.807) is 48.8 Å². The molecule has 0 saturated carbocycles. The van der Waals surface area contributed by atoms with Crippen molar-refractivity contribution in [3.63, 3.8) is 0 Å². The lowest BCUT2D eigenvalue weighted by atomic mass is 10.2. The number of hydrogen-bond donors (Lipinski definition) is 2. The molecule has 4 aromatic rings. The summed E-state index contributed by atoms with van der Waals surface area (Å²) in [6.07, 6.45) is -1.15. The minimum atomic E-state index is -4.40. The van der Waals surface area contributed by atoms with Crippen LogP contribution in [-0.4, -0.2) is 15.0 Å². The summed E-state index contributed by atoms with van der Waals surface area (Å²) in [5, 5.41) is 2.86. The average molecular weight is 370 g/mol. The van der Waals surface area contributed by atoms with Gasteiger partial charge in [0.1, 0.15) is 11.5 Å². The molecule has 0 bridgehead atoms. The van der Waals surface area contributed by atoms with Gasteiger partial charge in [0.15, 0.2) is 0 Å². The zero-order valence-corrected chi connectivity index (χ0v) is 13.8. The lowest BCUT2D eigenvalue weighted by Gasteiger charge is -2.08. The van der Waals surface area contributed by atoms with E-state index in [0.717, 1.165) is 12.1 Å². The van der Waals surface area contributed by atoms with Crippen molar-refractivity contribution in [3.8, 4) is 11.5 Å². The smallest absolute Gasteiger partial charge is 0.416 e. The van der Waals surface area contributed by atoms with Crippen LogP contribution in [0.25, 0.3) is 11.0 Å². The van der Waals surface area contributed by atoms with Gasteiger partial charge in [-0.3, -0.25) is 4.98 Å². The first kappa shape index (κ1) is 16.9. The number of rotatable bonds is 4. The SMILES string of the molecule is FC(F)(F)c1cccc(Nc2nc3ccc(Oc4ccncc4)cc3[nH]2)c1. The Bertz CT molecular complexity index is 1080. The Hall–Kier alpha value is -3.55. The maximum Gasteiger partial charge on any atom is 0.416 e. The predicted octanol–water partition coefficient (Wildman–Crippen LogP) is 5.51. The van der Waals surface area contributed by atoms with Gasteiger partial charge < -0.3 is 15.0 Å². The maximum atomic E-state index is 12.8. The van der Waals surface area contributed by atoms with E-state index in [4.69, 9.17) is 4.74 Å². The Morgan fingerprint density at radius 1 is 0.926 bits per heavy atom. The van der Waals surface area contributed by atoms with E-state index in [2.05, 4.69) is 20.3 Å². The van der Waals surface area contributed by atoms with Crippen molar-refractivity contribution >= 4 is 22.7 Å². The molecule has 2 heterocycles. The van der Waals surface area contributed by atoms with Gasteiger partial charge in [-0.2, -0.15) is 13.2 Å². The highest BCUT2D eigenvalue weighted by Crippen LogP contribution is 2.31. The number of imidazole rings is 1. The predicted molar refractivity (Wildman–Crippen MR) is 95.1 cm³/mol. The summed E-state index contributed by atoms with van der Waals surface area (Å²) in [5.74, 6) is 1.58. The Kier molecular flexibility index (Phi) is 4.15. The highest BCUT2D eigenvalue weighted by molar-refractivity contribution is 5.80. The van der Waals surface area contributed by atoms with E-state index in [9.17, 15) is 13.2 Å². The molecule has 0 radical (unpaired) electrons. The summed E-state index contributed by atoms with van der Waals surface area (Å²) in [7, 11) is 0. The van der Waals surface area contributed by atoms with Gasteiger partial charge in [0, 0.05) is 24.1 Å². The molecule has 0 aliphatic carbocycles. The molecule has 0 atom stereocenters. The molecule has 0 unspecified atom stereocenters. The van der Waals surface area contributed by atoms with Crippen molar-refractivity contribution in [2.45, 2.75) is 6.18 Å². The van der Waals surface area contributed by atoms with Gasteiger partial charge in [0.2, 0.25) is 5.95 Å². The van der Waals surface area contributed by atoms with Crippen LogP contribution in [0.1, 0.15) is 5.56 Å². The third kappa shape index (κ3) is 3.84. The molecule has 0 aliphatic heterocycles. The van der Waals surface area contributed by atoms with Gasteiger partial charge in [0.25, 0.3) is 0 Å². The fourth-order valence-electron chi connectivity index (χ4n) is 2.56. The number of H-pyrrole nitrogens is 1. The number of nitrogens with zero attached hydrogens (tertiary/aromatic N) is 2. The quantitative estimate of drug-likeness (QED) is 0.497. The zero-order chi connectivity index (χ0) is 18.9. The van der Waals surface area contributed by atoms with E-state index in [1.807, 2.05) is 0 Å². The van der Waals surface area contributed by atoms with Gasteiger partial charge in [-0.05, 0) is 42.5 Å². The normalized spacial score (nSPS) is 11.5. The number of aromatic amines is 1. The summed E-state index contributed by atoms with van der Waals surface area (Å²) in [4.78, 5) is 11.3. The summed E-state index contributed by atoms with van der Waals surface area (Å²) in [5.41, 5.74) is 0.913. The fourth-order valence-corrected chi connectivity index (χ4v) is 2.56. The highest BCUT2D eigenvalue weighted by Gasteiger charge is 2.30. The van der Waals surface area contributed by atoms with Crippen LogP contribution in [0, 0.1) is 0 Å². The van der Waals surface area contributed by atoms with Gasteiger partial charge in [-0.15, -0.1) is 0 Å². The molecule has 27 heavy (non-hydrogen) atoms. The van der Waals surface area contributed by atoms with Crippen LogP contribution in [0.5, 0.6) is 11.5 Å². The number of nitrogens with one attached hydrogen (secondary N) is 2. The molecule has 136 valence electrons. The number of anilines is 2. The zero-order valence-electron chi connectivity index (χ0n) is 13.8. The number of benzene rings is 2. The molecular formula is C19H13F3N4O. The lowest BCUT2D eigenvalue weighted by Crippen LogP contribution is -2.05. The van der Waals surface area contributed by atoms with Gasteiger partial charge >= 0.3 is 6.18 Å². The number of hydrogen-bond acceptors (Lipinski definition) is 4. The Morgan fingerprint density at radius 3 is 2.52 bits per heavy atom. The Balaban J connectivity index is 1.57. The van der Waals surface area contributed by atoms with Gasteiger partial charge in [-0.1, -0.05) is 6.07 Å². The molecule has 2 aromatic heterocycles. The fraction of sp³-hybridized carbons (Fsp3) is 0.0526. The molecule has 4 rings (SSSR count). The van der Waals surface area contributed by atoms with Crippen molar-refractivity contribution in [1.29, 1.82) is 0 Å². The molecule has 0 saturated heterocycles. The van der Waals surface area contributed by atoms with E-state index in [1.165, 1.54) is 6.07 Å². The highest BCUT2D eigenvalue weighted by atomic mass is 19.4. The van der Waals surface area contributed by atoms with Crippen LogP contribution < -0.4 is 10.1 Å². The molecule has 2 N–H and O–H groups in total. The number of aromatic nitrogens is 3. The van der Waals surface area contributed by atoms with Crippen LogP contribution in [0.3, 0.4) is 0 Å². The summed E-state index contributed by atoms with van der Waals surface area (Å²) in [6, 6.07) is 13.7. The van der Waals surface area contributed by atoms with Gasteiger partial charge in [0.05, 0.1) is 16.6 Å². The van der Waals surface area contributed by atoms with Crippen molar-refractivity contribution in [1.82, 2.24) is 15.0 Å². The largest absolute Gasteiger partial charge is 0.457 e. The molecule has 8 heteroatoms. The second kappa shape index (κ2) is 6.64. The Morgan fingerprint density at radius 2 is 1.74 bits per heavy atom. The third-order valence-corrected chi connectivity index (χ3v) is 3.79. The number of alkyl halides is 3. The van der Waals surface area contributed by atoms with Crippen molar-refractivity contribution in [2.75, 3.05) is 5.32 Å². The lowest BCUT2D eigenvalue weighted by molar-refractivity contribution is -0.137. The standard InChI is InChI=1S/C19H13F3N4O/c20-19(21,22)12-2-1-3-13(10-12)24-18-25-16-5-4-15(11-17(16)26-18)27-14-6-8-23-9-7-14/h1-11H,(H2,24,25,26). The molecule has 0 spiro atoms. The minimum Gasteiger partial charge on any atom is -0.457 e. The number of halogens is 3. The van der Waals surface area contributed by atoms with Crippen molar-refractivity contribution in [3.05, 3.63) is 72.6 Å². The Labute approximate surface area is 151 Å². The van der Waals surface area contributed by atoms with Crippen LogP contribution in [-0.2, 0) is 6.18 Å². The first-order valence-electron chi connectivity index (χ1n) is 7.99. The van der Waals surface area contributed by atoms with Gasteiger partial charge in [-0.25, -0.2) is 4.98 Å². The summed E-state index contributed by atoms with van der Waals surface area (Å²) >= 11 is 0. The van der Waals surface area contributed by atoms with Crippen LogP contribution in [0.15, 0.2) is 67.0 Å².